The second-order valence-electron chi connectivity index (χ2n) is 3.89. The lowest BCUT2D eigenvalue weighted by molar-refractivity contribution is 0.286. The van der Waals surface area contributed by atoms with E-state index in [9.17, 15) is 0 Å². The summed E-state index contributed by atoms with van der Waals surface area (Å²) >= 11 is 3.42. The number of anilines is 1. The van der Waals surface area contributed by atoms with Crippen LogP contribution in [0.2, 0.25) is 0 Å². The highest BCUT2D eigenvalue weighted by Crippen LogP contribution is 2.23. The molecule has 1 aromatic carbocycles. The average molecular weight is 295 g/mol. The van der Waals surface area contributed by atoms with Crippen molar-refractivity contribution in [1.82, 2.24) is 4.98 Å². The van der Waals surface area contributed by atoms with Gasteiger partial charge in [0.25, 0.3) is 0 Å². The first-order chi connectivity index (χ1) is 8.31. The number of benzene rings is 1. The third-order valence-electron chi connectivity index (χ3n) is 2.58. The van der Waals surface area contributed by atoms with Crippen molar-refractivity contribution in [3.63, 3.8) is 0 Å². The standard InChI is InChI=1S/C13H15BrN2O/c14-11-8-10-4-3-5-12(13(10)16-9-11)15-6-1-2-7-17/h3-5,8-9,15,17H,1-2,6-7H2. The van der Waals surface area contributed by atoms with E-state index in [0.717, 1.165) is 40.4 Å². The van der Waals surface area contributed by atoms with Gasteiger partial charge in [0.05, 0.1) is 11.2 Å². The molecule has 90 valence electrons. The molecule has 2 N–H and O–H groups in total. The normalized spacial score (nSPS) is 10.7. The van der Waals surface area contributed by atoms with Crippen LogP contribution < -0.4 is 5.32 Å². The number of pyridine rings is 1. The lowest BCUT2D eigenvalue weighted by Gasteiger charge is -2.08. The molecule has 0 saturated carbocycles. The molecule has 0 amide bonds. The molecule has 17 heavy (non-hydrogen) atoms. The molecule has 0 atom stereocenters. The molecule has 0 aliphatic rings. The number of aromatic nitrogens is 1. The summed E-state index contributed by atoms with van der Waals surface area (Å²) in [6.07, 6.45) is 3.60. The van der Waals surface area contributed by atoms with Crippen molar-refractivity contribution in [3.8, 4) is 0 Å². The first-order valence-electron chi connectivity index (χ1n) is 5.70. The van der Waals surface area contributed by atoms with E-state index in [-0.39, 0.29) is 6.61 Å². The van der Waals surface area contributed by atoms with Crippen LogP contribution in [0.1, 0.15) is 12.8 Å². The Morgan fingerprint density at radius 1 is 1.29 bits per heavy atom. The maximum atomic E-state index is 8.72. The van der Waals surface area contributed by atoms with E-state index < -0.39 is 0 Å². The summed E-state index contributed by atoms with van der Waals surface area (Å²) in [6, 6.07) is 8.15. The largest absolute Gasteiger partial charge is 0.396 e. The predicted molar refractivity (Wildman–Crippen MR) is 74.3 cm³/mol. The number of unbranched alkanes of at least 4 members (excludes halogenated alkanes) is 1. The first kappa shape index (κ1) is 12.3. The van der Waals surface area contributed by atoms with Gasteiger partial charge in [-0.05, 0) is 40.9 Å². The molecule has 3 nitrogen and oxygen atoms in total. The number of fused-ring (bicyclic) bond motifs is 1. The summed E-state index contributed by atoms with van der Waals surface area (Å²) in [4.78, 5) is 4.42. The third kappa shape index (κ3) is 3.17. The molecule has 0 aliphatic carbocycles. The van der Waals surface area contributed by atoms with Crippen LogP contribution in [0.4, 0.5) is 5.69 Å². The Morgan fingerprint density at radius 2 is 2.18 bits per heavy atom. The number of halogens is 1. The van der Waals surface area contributed by atoms with Crippen molar-refractivity contribution < 1.29 is 5.11 Å². The van der Waals surface area contributed by atoms with Crippen LogP contribution in [0.5, 0.6) is 0 Å². The molecule has 1 aromatic heterocycles. The number of aliphatic hydroxyl groups is 1. The highest BCUT2D eigenvalue weighted by atomic mass is 79.9. The van der Waals surface area contributed by atoms with Crippen molar-refractivity contribution in [2.45, 2.75) is 12.8 Å². The van der Waals surface area contributed by atoms with E-state index in [2.05, 4.69) is 32.3 Å². The van der Waals surface area contributed by atoms with E-state index in [1.54, 1.807) is 6.20 Å². The van der Waals surface area contributed by atoms with Gasteiger partial charge in [-0.1, -0.05) is 12.1 Å². The van der Waals surface area contributed by atoms with E-state index in [0.29, 0.717) is 0 Å². The average Bonchev–Trinajstić information content (AvgIpc) is 2.34. The maximum Gasteiger partial charge on any atom is 0.0934 e. The fourth-order valence-electron chi connectivity index (χ4n) is 1.74. The van der Waals surface area contributed by atoms with Gasteiger partial charge in [0, 0.05) is 29.2 Å². The van der Waals surface area contributed by atoms with Crippen molar-refractivity contribution in [2.75, 3.05) is 18.5 Å². The Balaban J connectivity index is 2.16. The van der Waals surface area contributed by atoms with Gasteiger partial charge >= 0.3 is 0 Å². The Hall–Kier alpha value is -1.13. The van der Waals surface area contributed by atoms with Crippen molar-refractivity contribution in [1.29, 1.82) is 0 Å². The summed E-state index contributed by atoms with van der Waals surface area (Å²) in [6.45, 7) is 1.11. The topological polar surface area (TPSA) is 45.1 Å². The van der Waals surface area contributed by atoms with Gasteiger partial charge < -0.3 is 10.4 Å². The van der Waals surface area contributed by atoms with Crippen LogP contribution in [-0.4, -0.2) is 23.2 Å². The van der Waals surface area contributed by atoms with E-state index in [4.69, 9.17) is 5.11 Å². The zero-order chi connectivity index (χ0) is 12.1. The number of aliphatic hydroxyl groups excluding tert-OH is 1. The van der Waals surface area contributed by atoms with Crippen LogP contribution in [0, 0.1) is 0 Å². The summed E-state index contributed by atoms with van der Waals surface area (Å²) in [5.41, 5.74) is 2.03. The van der Waals surface area contributed by atoms with E-state index >= 15 is 0 Å². The number of para-hydroxylation sites is 1. The molecule has 2 rings (SSSR count). The van der Waals surface area contributed by atoms with Gasteiger partial charge in [-0.2, -0.15) is 0 Å². The molecule has 2 aromatic rings. The van der Waals surface area contributed by atoms with E-state index in [1.807, 2.05) is 18.2 Å². The lowest BCUT2D eigenvalue weighted by Crippen LogP contribution is -2.03. The van der Waals surface area contributed by atoms with E-state index in [1.165, 1.54) is 0 Å². The fourth-order valence-corrected chi connectivity index (χ4v) is 2.09. The predicted octanol–water partition coefficient (Wildman–Crippen LogP) is 3.18. The summed E-state index contributed by atoms with van der Waals surface area (Å²) in [5, 5.41) is 13.2. The Morgan fingerprint density at radius 3 is 3.00 bits per heavy atom. The molecular weight excluding hydrogens is 280 g/mol. The fraction of sp³-hybridized carbons (Fsp3) is 0.308. The van der Waals surface area contributed by atoms with Gasteiger partial charge in [-0.25, -0.2) is 0 Å². The summed E-state index contributed by atoms with van der Waals surface area (Å²) in [7, 11) is 0. The quantitative estimate of drug-likeness (QED) is 0.833. The van der Waals surface area contributed by atoms with Gasteiger partial charge in [0.15, 0.2) is 0 Å². The van der Waals surface area contributed by atoms with Crippen molar-refractivity contribution in [3.05, 3.63) is 34.9 Å². The van der Waals surface area contributed by atoms with Gasteiger partial charge in [-0.3, -0.25) is 4.98 Å². The number of hydrogen-bond donors (Lipinski definition) is 2. The second kappa shape index (κ2) is 5.98. The van der Waals surface area contributed by atoms with Gasteiger partial charge in [-0.15, -0.1) is 0 Å². The Kier molecular flexibility index (Phi) is 4.34. The Bertz CT molecular complexity index is 502. The van der Waals surface area contributed by atoms with Crippen molar-refractivity contribution >= 4 is 32.5 Å². The molecule has 0 spiro atoms. The number of nitrogens with zero attached hydrogens (tertiary/aromatic N) is 1. The van der Waals surface area contributed by atoms with Gasteiger partial charge in [0.2, 0.25) is 0 Å². The summed E-state index contributed by atoms with van der Waals surface area (Å²) in [5.74, 6) is 0. The zero-order valence-corrected chi connectivity index (χ0v) is 11.1. The highest BCUT2D eigenvalue weighted by Gasteiger charge is 2.01. The van der Waals surface area contributed by atoms with Crippen LogP contribution in [0.25, 0.3) is 10.9 Å². The van der Waals surface area contributed by atoms with Crippen LogP contribution >= 0.6 is 15.9 Å². The van der Waals surface area contributed by atoms with Crippen molar-refractivity contribution in [2.24, 2.45) is 0 Å². The first-order valence-corrected chi connectivity index (χ1v) is 6.49. The van der Waals surface area contributed by atoms with Gasteiger partial charge in [0.1, 0.15) is 0 Å². The SMILES string of the molecule is OCCCCNc1cccc2cc(Br)cnc12. The third-order valence-corrected chi connectivity index (χ3v) is 3.01. The molecule has 1 heterocycles. The zero-order valence-electron chi connectivity index (χ0n) is 9.49. The minimum absolute atomic E-state index is 0.252. The van der Waals surface area contributed by atoms with Crippen LogP contribution in [-0.2, 0) is 0 Å². The number of hydrogen-bond acceptors (Lipinski definition) is 3. The number of nitrogens with one attached hydrogen (secondary N) is 1. The molecule has 0 bridgehead atoms. The maximum absolute atomic E-state index is 8.72. The molecule has 0 unspecified atom stereocenters. The molecule has 0 radical (unpaired) electrons. The molecule has 0 fully saturated rings. The molecule has 0 saturated heterocycles. The molecule has 0 aliphatic heterocycles. The Labute approximate surface area is 109 Å². The highest BCUT2D eigenvalue weighted by molar-refractivity contribution is 9.10. The smallest absolute Gasteiger partial charge is 0.0934 e. The lowest BCUT2D eigenvalue weighted by atomic mass is 10.2. The monoisotopic (exact) mass is 294 g/mol. The summed E-state index contributed by atoms with van der Waals surface area (Å²) < 4.78 is 0.988. The number of rotatable bonds is 5. The van der Waals surface area contributed by atoms with Crippen LogP contribution in [0.15, 0.2) is 34.9 Å². The molecule has 4 heteroatoms. The minimum Gasteiger partial charge on any atom is -0.396 e. The second-order valence-corrected chi connectivity index (χ2v) is 4.80. The van der Waals surface area contributed by atoms with Crippen LogP contribution in [0.3, 0.4) is 0 Å². The minimum atomic E-state index is 0.252. The molecular formula is C13H15BrN2O.